The van der Waals surface area contributed by atoms with Crippen LogP contribution in [0, 0.1) is 0 Å². The van der Waals surface area contributed by atoms with E-state index in [9.17, 15) is 0 Å². The molecule has 10 heteroatoms. The predicted molar refractivity (Wildman–Crippen MR) is 146 cm³/mol. The Morgan fingerprint density at radius 2 is 0.784 bits per heavy atom. The number of nitrogens with zero attached hydrogens (tertiary/aromatic N) is 7. The van der Waals surface area contributed by atoms with Crippen LogP contribution < -0.4 is 10.6 Å². The van der Waals surface area contributed by atoms with Crippen LogP contribution in [0.3, 0.4) is 0 Å². The number of anilines is 4. The number of hydrogen-bond acceptors (Lipinski definition) is 9. The Labute approximate surface area is 218 Å². The Bertz CT molecular complexity index is 1390. The maximum atomic E-state index is 6.13. The van der Waals surface area contributed by atoms with Gasteiger partial charge in [0.2, 0.25) is 17.2 Å². The van der Waals surface area contributed by atoms with E-state index in [4.69, 9.17) is 11.6 Å². The molecule has 0 saturated carbocycles. The zero-order valence-corrected chi connectivity index (χ0v) is 20.2. The molecule has 0 saturated heterocycles. The van der Waals surface area contributed by atoms with Crippen LogP contribution >= 0.6 is 11.6 Å². The number of rotatable bonds is 8. The molecule has 5 aromatic rings. The van der Waals surface area contributed by atoms with E-state index in [2.05, 4.69) is 46.0 Å². The van der Waals surface area contributed by atoms with Crippen molar-refractivity contribution < 1.29 is 0 Å². The number of benzene rings is 4. The van der Waals surface area contributed by atoms with Crippen LogP contribution in [0.4, 0.5) is 46.0 Å². The van der Waals surface area contributed by atoms with E-state index in [-0.39, 0.29) is 5.28 Å². The van der Waals surface area contributed by atoms with Crippen LogP contribution in [0.1, 0.15) is 0 Å². The van der Waals surface area contributed by atoms with Crippen molar-refractivity contribution in [2.24, 2.45) is 20.5 Å². The van der Waals surface area contributed by atoms with Gasteiger partial charge in [0.05, 0.1) is 22.7 Å². The maximum absolute atomic E-state index is 6.13. The molecule has 0 unspecified atom stereocenters. The average molecular weight is 506 g/mol. The highest BCUT2D eigenvalue weighted by atomic mass is 35.5. The first kappa shape index (κ1) is 23.7. The van der Waals surface area contributed by atoms with E-state index >= 15 is 0 Å². The maximum Gasteiger partial charge on any atom is 0.233 e. The van der Waals surface area contributed by atoms with Crippen molar-refractivity contribution in [3.63, 3.8) is 0 Å². The first-order valence-corrected chi connectivity index (χ1v) is 11.7. The summed E-state index contributed by atoms with van der Waals surface area (Å²) in [6, 6.07) is 33.9. The Kier molecular flexibility index (Phi) is 7.44. The van der Waals surface area contributed by atoms with Crippen LogP contribution in [-0.2, 0) is 0 Å². The Morgan fingerprint density at radius 3 is 1.16 bits per heavy atom. The lowest BCUT2D eigenvalue weighted by molar-refractivity contribution is 1.06. The minimum atomic E-state index is 0.0570. The third-order valence-corrected chi connectivity index (χ3v) is 5.10. The molecule has 0 aliphatic carbocycles. The highest BCUT2D eigenvalue weighted by molar-refractivity contribution is 6.28. The third kappa shape index (κ3) is 7.00. The molecule has 0 radical (unpaired) electrons. The van der Waals surface area contributed by atoms with Crippen LogP contribution in [-0.4, -0.2) is 15.0 Å². The summed E-state index contributed by atoms with van der Waals surface area (Å²) >= 11 is 6.13. The van der Waals surface area contributed by atoms with Crippen molar-refractivity contribution in [2.75, 3.05) is 10.6 Å². The van der Waals surface area contributed by atoms with Crippen LogP contribution in [0.25, 0.3) is 0 Å². The SMILES string of the molecule is Clc1nc(Nc2ccc(N=Nc3ccccc3)cc2)nc(Nc2ccc(N=Nc3ccccc3)cc2)n1. The largest absolute Gasteiger partial charge is 0.324 e. The van der Waals surface area contributed by atoms with Crippen molar-refractivity contribution in [2.45, 2.75) is 0 Å². The molecular formula is C27H20ClN9. The fourth-order valence-corrected chi connectivity index (χ4v) is 3.32. The molecular weight excluding hydrogens is 486 g/mol. The second-order valence-corrected chi connectivity index (χ2v) is 8.00. The second kappa shape index (κ2) is 11.6. The molecule has 0 spiro atoms. The molecule has 180 valence electrons. The minimum Gasteiger partial charge on any atom is -0.324 e. The standard InChI is InChI=1S/C27H20ClN9/c28-25-31-26(29-19-11-15-23(16-12-19)36-34-21-7-3-1-4-8-21)33-27(32-25)30-20-13-17-24(18-14-20)37-35-22-9-5-2-6-10-22/h1-18H,(H2,29,30,31,32,33). The summed E-state index contributed by atoms with van der Waals surface area (Å²) in [4.78, 5) is 12.7. The van der Waals surface area contributed by atoms with E-state index in [1.54, 1.807) is 0 Å². The van der Waals surface area contributed by atoms with E-state index in [1.807, 2.05) is 109 Å². The van der Waals surface area contributed by atoms with Crippen LogP contribution in [0.5, 0.6) is 0 Å². The molecule has 5 rings (SSSR count). The highest BCUT2D eigenvalue weighted by Gasteiger charge is 2.07. The van der Waals surface area contributed by atoms with Gasteiger partial charge in [-0.05, 0) is 84.4 Å². The summed E-state index contributed by atoms with van der Waals surface area (Å²) in [5.41, 5.74) is 4.54. The lowest BCUT2D eigenvalue weighted by Crippen LogP contribution is -2.03. The third-order valence-electron chi connectivity index (χ3n) is 4.93. The Balaban J connectivity index is 1.22. The number of hydrogen-bond donors (Lipinski definition) is 2. The number of azo groups is 2. The number of halogens is 1. The molecule has 0 aliphatic heterocycles. The molecule has 0 fully saturated rings. The molecule has 0 amide bonds. The molecule has 2 N–H and O–H groups in total. The summed E-state index contributed by atoms with van der Waals surface area (Å²) in [7, 11) is 0. The lowest BCUT2D eigenvalue weighted by atomic mass is 10.3. The monoisotopic (exact) mass is 505 g/mol. The van der Waals surface area contributed by atoms with Gasteiger partial charge in [0.15, 0.2) is 0 Å². The fourth-order valence-electron chi connectivity index (χ4n) is 3.16. The van der Waals surface area contributed by atoms with E-state index in [0.717, 1.165) is 34.1 Å². The number of nitrogens with one attached hydrogen (secondary N) is 2. The summed E-state index contributed by atoms with van der Waals surface area (Å²) in [5, 5.41) is 23.2. The van der Waals surface area contributed by atoms with Crippen LogP contribution in [0.2, 0.25) is 5.28 Å². The van der Waals surface area contributed by atoms with Crippen molar-refractivity contribution in [1.82, 2.24) is 15.0 Å². The lowest BCUT2D eigenvalue weighted by Gasteiger charge is -2.09. The first-order valence-electron chi connectivity index (χ1n) is 11.3. The van der Waals surface area contributed by atoms with Crippen molar-refractivity contribution in [3.05, 3.63) is 114 Å². The minimum absolute atomic E-state index is 0.0570. The Hall–Kier alpha value is -5.02. The first-order chi connectivity index (χ1) is 18.2. The summed E-state index contributed by atoms with van der Waals surface area (Å²) < 4.78 is 0. The Morgan fingerprint density at radius 1 is 0.432 bits per heavy atom. The molecule has 9 nitrogen and oxygen atoms in total. The quantitative estimate of drug-likeness (QED) is 0.204. The van der Waals surface area contributed by atoms with E-state index in [1.165, 1.54) is 0 Å². The molecule has 1 aromatic heterocycles. The van der Waals surface area contributed by atoms with Gasteiger partial charge >= 0.3 is 0 Å². The zero-order chi connectivity index (χ0) is 25.3. The van der Waals surface area contributed by atoms with Gasteiger partial charge in [-0.1, -0.05) is 36.4 Å². The zero-order valence-electron chi connectivity index (χ0n) is 19.4. The van der Waals surface area contributed by atoms with Gasteiger partial charge in [-0.15, -0.1) is 0 Å². The van der Waals surface area contributed by atoms with Gasteiger partial charge in [0.1, 0.15) is 0 Å². The van der Waals surface area contributed by atoms with Gasteiger partial charge < -0.3 is 10.6 Å². The fraction of sp³-hybridized carbons (Fsp3) is 0. The van der Waals surface area contributed by atoms with Crippen molar-refractivity contribution in [3.8, 4) is 0 Å². The van der Waals surface area contributed by atoms with E-state index in [0.29, 0.717) is 11.9 Å². The van der Waals surface area contributed by atoms with Gasteiger partial charge in [0, 0.05) is 11.4 Å². The molecule has 1 heterocycles. The molecule has 0 atom stereocenters. The topological polar surface area (TPSA) is 112 Å². The molecule has 4 aromatic carbocycles. The summed E-state index contributed by atoms with van der Waals surface area (Å²) in [5.74, 6) is 0.601. The highest BCUT2D eigenvalue weighted by Crippen LogP contribution is 2.24. The average Bonchev–Trinajstić information content (AvgIpc) is 2.93. The smallest absolute Gasteiger partial charge is 0.233 e. The van der Waals surface area contributed by atoms with Gasteiger partial charge in [-0.2, -0.15) is 35.4 Å². The van der Waals surface area contributed by atoms with Gasteiger partial charge in [-0.3, -0.25) is 0 Å². The molecule has 0 aliphatic rings. The number of aromatic nitrogens is 3. The van der Waals surface area contributed by atoms with E-state index < -0.39 is 0 Å². The predicted octanol–water partition coefficient (Wildman–Crippen LogP) is 8.84. The summed E-state index contributed by atoms with van der Waals surface area (Å²) in [6.45, 7) is 0. The van der Waals surface area contributed by atoms with Crippen LogP contribution in [0.15, 0.2) is 130 Å². The second-order valence-electron chi connectivity index (χ2n) is 7.67. The van der Waals surface area contributed by atoms with Crippen molar-refractivity contribution >= 4 is 57.6 Å². The van der Waals surface area contributed by atoms with Gasteiger partial charge in [0.25, 0.3) is 0 Å². The normalized spacial score (nSPS) is 11.2. The molecule has 0 bridgehead atoms. The van der Waals surface area contributed by atoms with Crippen molar-refractivity contribution in [1.29, 1.82) is 0 Å². The summed E-state index contributed by atoms with van der Waals surface area (Å²) in [6.07, 6.45) is 0. The molecule has 37 heavy (non-hydrogen) atoms. The van der Waals surface area contributed by atoms with Gasteiger partial charge in [-0.25, -0.2) is 0 Å².